The Bertz CT molecular complexity index is 2420. The summed E-state index contributed by atoms with van der Waals surface area (Å²) in [4.78, 5) is 63.4. The van der Waals surface area contributed by atoms with Crippen molar-refractivity contribution in [3.05, 3.63) is 32.6 Å². The van der Waals surface area contributed by atoms with Crippen molar-refractivity contribution in [3.63, 3.8) is 0 Å². The van der Waals surface area contributed by atoms with Gasteiger partial charge in [0.05, 0.1) is 66.0 Å². The minimum Gasteiger partial charge on any atom is -0.459 e. The zero-order chi connectivity index (χ0) is 61.8. The predicted octanol–water partition coefficient (Wildman–Crippen LogP) is 3.81. The number of aromatic nitrogens is 2. The molecule has 5 rings (SSSR count). The first kappa shape index (κ1) is 69.4. The first-order valence-corrected chi connectivity index (χ1v) is 32.2. The summed E-state index contributed by atoms with van der Waals surface area (Å²) in [6.07, 6.45) is -9.77. The van der Waals surface area contributed by atoms with Crippen molar-refractivity contribution in [1.82, 2.24) is 25.1 Å². The number of aromatic amines is 1. The van der Waals surface area contributed by atoms with Crippen molar-refractivity contribution in [3.8, 4) is 0 Å². The van der Waals surface area contributed by atoms with Crippen LogP contribution in [-0.4, -0.2) is 203 Å². The van der Waals surface area contributed by atoms with Crippen molar-refractivity contribution in [2.75, 3.05) is 41.0 Å². The number of H-pyrrole nitrogens is 1. The Hall–Kier alpha value is -3.41. The molecule has 4 saturated heterocycles. The number of aliphatic hydroxyl groups excluding tert-OH is 3. The Kier molecular flexibility index (Phi) is 23.6. The number of ether oxygens (including phenoxy) is 7. The molecule has 0 aromatic carbocycles. The number of carbonyl (C=O) groups excluding carboxylic acids is 2. The fourth-order valence-electron chi connectivity index (χ4n) is 11.8. The summed E-state index contributed by atoms with van der Waals surface area (Å²) in [5, 5.41) is 70.7. The third kappa shape index (κ3) is 16.4. The van der Waals surface area contributed by atoms with Gasteiger partial charge < -0.3 is 83.5 Å². The van der Waals surface area contributed by atoms with Crippen LogP contribution in [0.2, 0.25) is 18.1 Å². The Morgan fingerprint density at radius 2 is 1.61 bits per heavy atom. The average Bonchev–Trinajstić information content (AvgIpc) is 3.95. The minimum absolute atomic E-state index is 0.0177. The lowest BCUT2D eigenvalue weighted by Crippen LogP contribution is -2.61. The van der Waals surface area contributed by atoms with E-state index in [4.69, 9.17) is 42.4 Å². The van der Waals surface area contributed by atoms with E-state index in [1.54, 1.807) is 62.3 Å². The summed E-state index contributed by atoms with van der Waals surface area (Å²) in [6, 6.07) is -1.46. The quantitative estimate of drug-likeness (QED) is 0.0476. The summed E-state index contributed by atoms with van der Waals surface area (Å²) in [5.41, 5.74) is -5.56. The number of hydrogen-bond acceptors (Lipinski definition) is 20. The van der Waals surface area contributed by atoms with Crippen LogP contribution in [-0.2, 0) is 47.2 Å². The number of nitrogens with one attached hydrogen (secondary N) is 3. The maximum absolute atomic E-state index is 14.6. The molecule has 4 aliphatic rings. The number of nitrogens with zero attached hydrogens (tertiary/aromatic N) is 3. The van der Waals surface area contributed by atoms with Gasteiger partial charge >= 0.3 is 17.7 Å². The standard InChI is InChI=1S/C57H102N6O18Si/c1-20-40-57(14,72)46(65)33(5)43(61-74-23-21-22-58-52(69)59-37-25-41(63-28-31(3)49(67)60-53(63)70)78-39(37)29-75-82(18,19)54(9,10)11)30(2)26-55(12,71)48(81-51-44(64)38(62(15)16)24-32(4)76-51)34(6)45(35(7)50(68)79-40)80-42-27-56(13,73-17)47(66)36(8)77-42/h28,30,32-42,44-48,51,64-66,71-72H,20-27,29H2,1-19H3,(H2,58,59,69)(H,60,67,70)/b61-43+/t30-,32-,33+,34+,35-,36+,37+,38+,39-,40-,41-,42+,44-,45+,46-,47+,48-,51+,55-,56-,57-/m1/s1. The highest BCUT2D eigenvalue weighted by molar-refractivity contribution is 6.74. The van der Waals surface area contributed by atoms with Gasteiger partial charge in [0.1, 0.15) is 42.9 Å². The maximum atomic E-state index is 14.6. The third-order valence-electron chi connectivity index (χ3n) is 18.1. The topological polar surface area (TPSA) is 313 Å². The zero-order valence-electron chi connectivity index (χ0n) is 52.2. The fraction of sp³-hybridized carbons (Fsp3) is 0.877. The highest BCUT2D eigenvalue weighted by Crippen LogP contribution is 2.42. The molecule has 8 N–H and O–H groups in total. The molecule has 0 radical (unpaired) electrons. The number of amides is 2. The van der Waals surface area contributed by atoms with Gasteiger partial charge in [0.2, 0.25) is 0 Å². The van der Waals surface area contributed by atoms with Gasteiger partial charge in [-0.3, -0.25) is 19.1 Å². The van der Waals surface area contributed by atoms with Gasteiger partial charge in [0.25, 0.3) is 5.56 Å². The van der Waals surface area contributed by atoms with Crippen LogP contribution >= 0.6 is 0 Å². The molecule has 24 nitrogen and oxygen atoms in total. The van der Waals surface area contributed by atoms with Crippen LogP contribution < -0.4 is 21.9 Å². The van der Waals surface area contributed by atoms with Crippen LogP contribution in [0.15, 0.2) is 20.9 Å². The summed E-state index contributed by atoms with van der Waals surface area (Å²) in [5.74, 6) is -4.48. The molecular formula is C57H102N6O18Si. The van der Waals surface area contributed by atoms with E-state index in [-0.39, 0.29) is 74.8 Å². The molecular weight excluding hydrogens is 1080 g/mol. The van der Waals surface area contributed by atoms with Gasteiger partial charge in [-0.2, -0.15) is 0 Å². The highest BCUT2D eigenvalue weighted by Gasteiger charge is 2.54. The number of urea groups is 1. The molecule has 0 saturated carbocycles. The van der Waals surface area contributed by atoms with Crippen LogP contribution in [0.4, 0.5) is 4.79 Å². The summed E-state index contributed by atoms with van der Waals surface area (Å²) in [6.45, 7) is 29.2. The van der Waals surface area contributed by atoms with E-state index in [2.05, 4.69) is 54.6 Å². The normalized spacial score (nSPS) is 39.9. The number of aliphatic hydroxyl groups is 5. The Morgan fingerprint density at radius 1 is 0.951 bits per heavy atom. The van der Waals surface area contributed by atoms with Crippen molar-refractivity contribution >= 4 is 26.0 Å². The molecule has 4 aliphatic heterocycles. The number of aryl methyl sites for hydroxylation is 1. The van der Waals surface area contributed by atoms with Crippen LogP contribution in [0, 0.1) is 30.6 Å². The van der Waals surface area contributed by atoms with Crippen LogP contribution in [0.5, 0.6) is 0 Å². The van der Waals surface area contributed by atoms with E-state index in [9.17, 15) is 44.7 Å². The second-order valence-corrected chi connectivity index (χ2v) is 31.0. The number of esters is 1. The number of carbonyl (C=O) groups is 2. The van der Waals surface area contributed by atoms with Crippen LogP contribution in [0.1, 0.15) is 140 Å². The Morgan fingerprint density at radius 3 is 2.22 bits per heavy atom. The van der Waals surface area contributed by atoms with Crippen molar-refractivity contribution in [1.29, 1.82) is 0 Å². The number of hydrogen-bond donors (Lipinski definition) is 8. The van der Waals surface area contributed by atoms with E-state index in [1.165, 1.54) is 24.8 Å². The molecule has 472 valence electrons. The number of likely N-dealkylation sites (N-methyl/N-ethyl adjacent to an activating group) is 1. The van der Waals surface area contributed by atoms with Gasteiger partial charge in [0.15, 0.2) is 20.9 Å². The molecule has 21 atom stereocenters. The molecule has 0 unspecified atom stereocenters. The van der Waals surface area contributed by atoms with Crippen molar-refractivity contribution in [2.24, 2.45) is 28.8 Å². The Balaban J connectivity index is 1.42. The second kappa shape index (κ2) is 28.0. The number of methoxy groups -OCH3 is 1. The molecule has 4 fully saturated rings. The van der Waals surface area contributed by atoms with Gasteiger partial charge in [-0.15, -0.1) is 0 Å². The second-order valence-electron chi connectivity index (χ2n) is 26.2. The van der Waals surface area contributed by atoms with E-state index in [0.717, 1.165) is 0 Å². The van der Waals surface area contributed by atoms with Gasteiger partial charge in [-0.1, -0.05) is 53.6 Å². The van der Waals surface area contributed by atoms with E-state index < -0.39 is 146 Å². The highest BCUT2D eigenvalue weighted by atomic mass is 28.4. The molecule has 2 amide bonds. The molecule has 0 aliphatic carbocycles. The minimum atomic E-state index is -2.26. The van der Waals surface area contributed by atoms with Gasteiger partial charge in [0, 0.05) is 68.5 Å². The third-order valence-corrected chi connectivity index (χ3v) is 22.7. The van der Waals surface area contributed by atoms with E-state index in [0.29, 0.717) is 12.0 Å². The molecule has 82 heavy (non-hydrogen) atoms. The zero-order valence-corrected chi connectivity index (χ0v) is 53.2. The van der Waals surface area contributed by atoms with Gasteiger partial charge in [-0.05, 0) is 100.0 Å². The summed E-state index contributed by atoms with van der Waals surface area (Å²) in [7, 11) is 2.92. The first-order chi connectivity index (χ1) is 37.9. The maximum Gasteiger partial charge on any atom is 0.330 e. The predicted molar refractivity (Wildman–Crippen MR) is 307 cm³/mol. The average molecular weight is 1190 g/mol. The molecule has 0 bridgehead atoms. The van der Waals surface area contributed by atoms with Crippen molar-refractivity contribution in [2.45, 2.75) is 256 Å². The molecule has 0 spiro atoms. The number of rotatable bonds is 17. The lowest BCUT2D eigenvalue weighted by Gasteiger charge is -2.49. The summed E-state index contributed by atoms with van der Waals surface area (Å²) < 4.78 is 52.2. The Labute approximate surface area is 485 Å². The lowest BCUT2D eigenvalue weighted by atomic mass is 9.73. The molecule has 1 aromatic heterocycles. The van der Waals surface area contributed by atoms with Gasteiger partial charge in [-0.25, -0.2) is 9.59 Å². The number of oxime groups is 1. The lowest BCUT2D eigenvalue weighted by molar-refractivity contribution is -0.317. The van der Waals surface area contributed by atoms with Crippen LogP contribution in [0.3, 0.4) is 0 Å². The fourth-order valence-corrected chi connectivity index (χ4v) is 12.8. The largest absolute Gasteiger partial charge is 0.459 e. The number of cyclic esters (lactones) is 1. The molecule has 5 heterocycles. The van der Waals surface area contributed by atoms with Crippen LogP contribution in [0.25, 0.3) is 0 Å². The monoisotopic (exact) mass is 1190 g/mol. The van der Waals surface area contributed by atoms with E-state index in [1.807, 2.05) is 25.9 Å². The van der Waals surface area contributed by atoms with E-state index >= 15 is 0 Å². The molecule has 25 heteroatoms. The first-order valence-electron chi connectivity index (χ1n) is 29.3. The van der Waals surface area contributed by atoms with Crippen molar-refractivity contribution < 1.29 is 77.5 Å². The smallest absolute Gasteiger partial charge is 0.330 e. The SMILES string of the molecule is CC[C@H]1OC(=O)[C@H](C)[C@@H](O[C@H]2C[C@@](C)(OC)[C@@H](O)[C@H](C)O2)[C@H](C)[C@@H](O[C@@H]2O[C@H](C)C[C@H](N(C)C)[C@H]2O)[C@](C)(O)C[C@@H](C)/C(=N\OCCCNC(=O)N[C@H]2C[C@H](n3cc(C)c(=O)[nH]c3=O)O[C@@H]2CO[Si](C)(C)C(C)(C)C)[C@H](C)[C@@H](O)[C@]1(C)O. The molecule has 1 aromatic rings. The summed E-state index contributed by atoms with van der Waals surface area (Å²) >= 11 is 0.